The van der Waals surface area contributed by atoms with Crippen molar-refractivity contribution in [2.45, 2.75) is 57.9 Å². The van der Waals surface area contributed by atoms with Crippen LogP contribution in [-0.2, 0) is 11.2 Å². The first-order valence-corrected chi connectivity index (χ1v) is 10.4. The molecule has 0 spiro atoms. The van der Waals surface area contributed by atoms with Gasteiger partial charge in [-0.1, -0.05) is 37.3 Å². The molecule has 144 valence electrons. The van der Waals surface area contributed by atoms with E-state index in [0.717, 1.165) is 58.2 Å². The van der Waals surface area contributed by atoms with Gasteiger partial charge in [0.25, 0.3) is 5.91 Å². The van der Waals surface area contributed by atoms with Crippen molar-refractivity contribution in [3.8, 4) is 6.07 Å². The molecule has 1 aromatic carbocycles. The minimum absolute atomic E-state index is 0.0870. The zero-order chi connectivity index (χ0) is 19.1. The summed E-state index contributed by atoms with van der Waals surface area (Å²) in [6, 6.07) is 13.2. The Morgan fingerprint density at radius 2 is 1.89 bits per heavy atom. The van der Waals surface area contributed by atoms with Crippen LogP contribution in [0.25, 0.3) is 0 Å². The average Bonchev–Trinajstić information content (AvgIpc) is 2.73. The first kappa shape index (κ1) is 19.5. The first-order valence-electron chi connectivity index (χ1n) is 10.4. The molecular weight excluding hydrogens is 334 g/mol. The highest BCUT2D eigenvalue weighted by Crippen LogP contribution is 2.24. The maximum Gasteiger partial charge on any atom is 0.266 e. The van der Waals surface area contributed by atoms with Gasteiger partial charge < -0.3 is 9.80 Å². The van der Waals surface area contributed by atoms with Gasteiger partial charge in [-0.05, 0) is 56.4 Å². The lowest BCUT2D eigenvalue weighted by Gasteiger charge is -2.35. The van der Waals surface area contributed by atoms with Crippen molar-refractivity contribution in [2.75, 3.05) is 19.6 Å². The second-order valence-corrected chi connectivity index (χ2v) is 7.88. The molecule has 3 rings (SSSR count). The van der Waals surface area contributed by atoms with Gasteiger partial charge in [-0.25, -0.2) is 0 Å². The Balaban J connectivity index is 1.57. The Labute approximate surface area is 163 Å². The third-order valence-electron chi connectivity index (χ3n) is 6.06. The Hall–Kier alpha value is -2.28. The normalized spacial score (nSPS) is 21.8. The van der Waals surface area contributed by atoms with Gasteiger partial charge in [-0.2, -0.15) is 5.26 Å². The standard InChI is InChI=1S/C23H31N3O/c1-2-22-10-6-7-13-26(22)18-21(17-24)23(27)25-14-11-20(12-15-25)16-19-8-4-3-5-9-19/h3-5,8-9,18,20,22H,2,6-7,10-16H2,1H3/b21-18-. The van der Waals surface area contributed by atoms with Crippen LogP contribution < -0.4 is 0 Å². The van der Waals surface area contributed by atoms with E-state index in [1.165, 1.54) is 12.0 Å². The monoisotopic (exact) mass is 365 g/mol. The number of hydrogen-bond donors (Lipinski definition) is 0. The minimum Gasteiger partial charge on any atom is -0.373 e. The molecule has 4 nitrogen and oxygen atoms in total. The molecule has 0 N–H and O–H groups in total. The van der Waals surface area contributed by atoms with E-state index in [-0.39, 0.29) is 5.91 Å². The summed E-state index contributed by atoms with van der Waals surface area (Å²) in [7, 11) is 0. The number of rotatable bonds is 5. The molecule has 1 aromatic rings. The van der Waals surface area contributed by atoms with Gasteiger partial charge in [0, 0.05) is 31.9 Å². The van der Waals surface area contributed by atoms with E-state index in [0.29, 0.717) is 17.5 Å². The van der Waals surface area contributed by atoms with E-state index >= 15 is 0 Å². The van der Waals surface area contributed by atoms with Gasteiger partial charge in [0.2, 0.25) is 0 Å². The van der Waals surface area contributed by atoms with Crippen LogP contribution in [-0.4, -0.2) is 41.4 Å². The maximum absolute atomic E-state index is 12.9. The van der Waals surface area contributed by atoms with Crippen LogP contribution in [0.3, 0.4) is 0 Å². The summed E-state index contributed by atoms with van der Waals surface area (Å²) in [6.45, 7) is 4.65. The van der Waals surface area contributed by atoms with Crippen molar-refractivity contribution in [1.29, 1.82) is 5.26 Å². The van der Waals surface area contributed by atoms with E-state index in [9.17, 15) is 10.1 Å². The molecule has 2 aliphatic heterocycles. The van der Waals surface area contributed by atoms with Crippen molar-refractivity contribution in [1.82, 2.24) is 9.80 Å². The number of hydrogen-bond acceptors (Lipinski definition) is 3. The van der Waals surface area contributed by atoms with Gasteiger partial charge in [0.1, 0.15) is 11.6 Å². The van der Waals surface area contributed by atoms with Crippen LogP contribution in [0.4, 0.5) is 0 Å². The predicted molar refractivity (Wildman–Crippen MR) is 108 cm³/mol. The number of nitriles is 1. The van der Waals surface area contributed by atoms with Crippen LogP contribution in [0, 0.1) is 17.2 Å². The second kappa shape index (κ2) is 9.60. The largest absolute Gasteiger partial charge is 0.373 e. The fraction of sp³-hybridized carbons (Fsp3) is 0.565. The summed E-state index contributed by atoms with van der Waals surface area (Å²) in [5, 5.41) is 9.57. The van der Waals surface area contributed by atoms with Crippen LogP contribution in [0.5, 0.6) is 0 Å². The van der Waals surface area contributed by atoms with Crippen LogP contribution in [0.1, 0.15) is 51.0 Å². The summed E-state index contributed by atoms with van der Waals surface area (Å²) >= 11 is 0. The van der Waals surface area contributed by atoms with E-state index in [4.69, 9.17) is 0 Å². The smallest absolute Gasteiger partial charge is 0.266 e. The summed E-state index contributed by atoms with van der Waals surface area (Å²) < 4.78 is 0. The zero-order valence-electron chi connectivity index (χ0n) is 16.4. The molecule has 0 aromatic heterocycles. The molecule has 0 aliphatic carbocycles. The first-order chi connectivity index (χ1) is 13.2. The van der Waals surface area contributed by atoms with E-state index in [1.54, 1.807) is 0 Å². The molecule has 2 aliphatic rings. The van der Waals surface area contributed by atoms with Crippen molar-refractivity contribution in [2.24, 2.45) is 5.92 Å². The van der Waals surface area contributed by atoms with Gasteiger partial charge >= 0.3 is 0 Å². The summed E-state index contributed by atoms with van der Waals surface area (Å²) in [5.41, 5.74) is 1.67. The lowest BCUT2D eigenvalue weighted by atomic mass is 9.90. The molecule has 0 bridgehead atoms. The fourth-order valence-electron chi connectivity index (χ4n) is 4.39. The average molecular weight is 366 g/mol. The highest BCUT2D eigenvalue weighted by Gasteiger charge is 2.26. The van der Waals surface area contributed by atoms with Gasteiger partial charge in [0.05, 0.1) is 0 Å². The molecular formula is C23H31N3O. The van der Waals surface area contributed by atoms with Gasteiger partial charge in [0.15, 0.2) is 0 Å². The molecule has 2 fully saturated rings. The molecule has 1 atom stereocenters. The van der Waals surface area contributed by atoms with Gasteiger partial charge in [-0.15, -0.1) is 0 Å². The summed E-state index contributed by atoms with van der Waals surface area (Å²) in [4.78, 5) is 17.0. The SMILES string of the molecule is CCC1CCCCN1/C=C(/C#N)C(=O)N1CCC(Cc2ccccc2)CC1. The Bertz CT molecular complexity index is 683. The molecule has 27 heavy (non-hydrogen) atoms. The Morgan fingerprint density at radius 1 is 1.15 bits per heavy atom. The lowest BCUT2D eigenvalue weighted by Crippen LogP contribution is -2.41. The third-order valence-corrected chi connectivity index (χ3v) is 6.06. The number of carbonyl (C=O) groups excluding carboxylic acids is 1. The molecule has 2 heterocycles. The number of nitrogens with zero attached hydrogens (tertiary/aromatic N) is 3. The van der Waals surface area contributed by atoms with E-state index in [1.807, 2.05) is 17.2 Å². The minimum atomic E-state index is -0.0870. The summed E-state index contributed by atoms with van der Waals surface area (Å²) in [6.07, 6.45) is 9.56. The molecule has 0 saturated carbocycles. The maximum atomic E-state index is 12.9. The molecule has 1 amide bonds. The highest BCUT2D eigenvalue weighted by molar-refractivity contribution is 5.97. The third kappa shape index (κ3) is 5.13. The summed E-state index contributed by atoms with van der Waals surface area (Å²) in [5.74, 6) is 0.536. The number of benzene rings is 1. The van der Waals surface area contributed by atoms with Crippen molar-refractivity contribution in [3.05, 3.63) is 47.7 Å². The number of likely N-dealkylation sites (tertiary alicyclic amines) is 2. The van der Waals surface area contributed by atoms with Gasteiger partial charge in [-0.3, -0.25) is 4.79 Å². The van der Waals surface area contributed by atoms with Crippen molar-refractivity contribution < 1.29 is 4.79 Å². The van der Waals surface area contributed by atoms with Crippen LogP contribution >= 0.6 is 0 Å². The fourth-order valence-corrected chi connectivity index (χ4v) is 4.39. The lowest BCUT2D eigenvalue weighted by molar-refractivity contribution is -0.128. The number of carbonyl (C=O) groups is 1. The van der Waals surface area contributed by atoms with Crippen molar-refractivity contribution >= 4 is 5.91 Å². The zero-order valence-corrected chi connectivity index (χ0v) is 16.4. The van der Waals surface area contributed by atoms with Crippen molar-refractivity contribution in [3.63, 3.8) is 0 Å². The molecule has 4 heteroatoms. The predicted octanol–water partition coefficient (Wildman–Crippen LogP) is 4.14. The topological polar surface area (TPSA) is 47.3 Å². The Morgan fingerprint density at radius 3 is 2.56 bits per heavy atom. The van der Waals surface area contributed by atoms with Crippen LogP contribution in [0.15, 0.2) is 42.1 Å². The molecule has 0 radical (unpaired) electrons. The second-order valence-electron chi connectivity index (χ2n) is 7.88. The number of piperidine rings is 2. The van der Waals surface area contributed by atoms with E-state index in [2.05, 4.69) is 42.2 Å². The highest BCUT2D eigenvalue weighted by atomic mass is 16.2. The molecule has 2 saturated heterocycles. The van der Waals surface area contributed by atoms with Crippen LogP contribution in [0.2, 0.25) is 0 Å². The number of amides is 1. The Kier molecular flexibility index (Phi) is 6.92. The molecule has 1 unspecified atom stereocenters. The van der Waals surface area contributed by atoms with E-state index < -0.39 is 0 Å². The quantitative estimate of drug-likeness (QED) is 0.582.